The number of pyridine rings is 1. The van der Waals surface area contributed by atoms with Gasteiger partial charge in [-0.1, -0.05) is 0 Å². The Bertz CT molecular complexity index is 335. The molecule has 0 aliphatic carbocycles. The first-order chi connectivity index (χ1) is 7.28. The van der Waals surface area contributed by atoms with Crippen LogP contribution in [0.25, 0.3) is 0 Å². The van der Waals surface area contributed by atoms with Gasteiger partial charge in [-0.25, -0.2) is 4.98 Å². The summed E-state index contributed by atoms with van der Waals surface area (Å²) in [6.07, 6.45) is 1.33. The van der Waals surface area contributed by atoms with Gasteiger partial charge in [-0.2, -0.15) is 0 Å². The molecule has 0 bridgehead atoms. The summed E-state index contributed by atoms with van der Waals surface area (Å²) in [4.78, 5) is 4.21. The summed E-state index contributed by atoms with van der Waals surface area (Å²) in [7, 11) is 1.61. The van der Waals surface area contributed by atoms with Crippen molar-refractivity contribution in [2.24, 2.45) is 0 Å². The number of rotatable bonds is 3. The Hall–Kier alpha value is -1.29. The lowest BCUT2D eigenvalue weighted by Crippen LogP contribution is -2.19. The van der Waals surface area contributed by atoms with Gasteiger partial charge < -0.3 is 14.8 Å². The highest BCUT2D eigenvalue weighted by Crippen LogP contribution is 2.21. The number of methoxy groups -OCH3 is 1. The summed E-state index contributed by atoms with van der Waals surface area (Å²) in [5.41, 5.74) is 0.912. The van der Waals surface area contributed by atoms with Crippen LogP contribution in [0, 0.1) is 6.92 Å². The molecular formula is C11H16N2O2. The molecule has 4 nitrogen and oxygen atoms in total. The van der Waals surface area contributed by atoms with Gasteiger partial charge in [0.25, 0.3) is 0 Å². The van der Waals surface area contributed by atoms with Crippen LogP contribution in [0.2, 0.25) is 0 Å². The molecule has 1 atom stereocenters. The number of hydrogen-bond donors (Lipinski definition) is 1. The molecule has 1 fully saturated rings. The SMILES string of the molecule is COc1cc(O[C@H]2CCNC2)cc(C)n1. The minimum atomic E-state index is 0.275. The maximum Gasteiger partial charge on any atom is 0.216 e. The Kier molecular flexibility index (Phi) is 3.06. The fourth-order valence-electron chi connectivity index (χ4n) is 1.70. The van der Waals surface area contributed by atoms with Gasteiger partial charge in [-0.15, -0.1) is 0 Å². The van der Waals surface area contributed by atoms with Crippen LogP contribution in [0.3, 0.4) is 0 Å². The van der Waals surface area contributed by atoms with Crippen molar-refractivity contribution in [2.45, 2.75) is 19.4 Å². The first kappa shape index (κ1) is 10.2. The monoisotopic (exact) mass is 208 g/mol. The van der Waals surface area contributed by atoms with E-state index >= 15 is 0 Å². The van der Waals surface area contributed by atoms with Crippen molar-refractivity contribution in [1.82, 2.24) is 10.3 Å². The number of nitrogens with zero attached hydrogens (tertiary/aromatic N) is 1. The van der Waals surface area contributed by atoms with E-state index in [-0.39, 0.29) is 6.10 Å². The molecule has 1 aliphatic heterocycles. The maximum absolute atomic E-state index is 5.82. The Morgan fingerprint density at radius 2 is 2.33 bits per heavy atom. The Morgan fingerprint density at radius 3 is 3.00 bits per heavy atom. The highest BCUT2D eigenvalue weighted by atomic mass is 16.5. The van der Waals surface area contributed by atoms with E-state index in [1.54, 1.807) is 7.11 Å². The lowest BCUT2D eigenvalue weighted by atomic mass is 10.3. The Morgan fingerprint density at radius 1 is 1.47 bits per heavy atom. The van der Waals surface area contributed by atoms with Crippen LogP contribution in [0.4, 0.5) is 0 Å². The number of nitrogens with one attached hydrogen (secondary N) is 1. The summed E-state index contributed by atoms with van der Waals surface area (Å²) < 4.78 is 10.9. The predicted octanol–water partition coefficient (Wildman–Crippen LogP) is 1.14. The third-order valence-corrected chi connectivity index (χ3v) is 2.43. The van der Waals surface area contributed by atoms with E-state index in [0.717, 1.165) is 31.0 Å². The van der Waals surface area contributed by atoms with E-state index in [1.807, 2.05) is 19.1 Å². The molecule has 0 spiro atoms. The molecule has 1 saturated heterocycles. The van der Waals surface area contributed by atoms with Crippen LogP contribution in [-0.4, -0.2) is 31.3 Å². The summed E-state index contributed by atoms with van der Waals surface area (Å²) in [5, 5.41) is 3.26. The molecule has 2 rings (SSSR count). The molecule has 1 aliphatic rings. The predicted molar refractivity (Wildman–Crippen MR) is 57.4 cm³/mol. The van der Waals surface area contributed by atoms with Gasteiger partial charge in [0.15, 0.2) is 0 Å². The lowest BCUT2D eigenvalue weighted by molar-refractivity contribution is 0.221. The van der Waals surface area contributed by atoms with E-state index in [4.69, 9.17) is 9.47 Å². The molecule has 1 N–H and O–H groups in total. The fourth-order valence-corrected chi connectivity index (χ4v) is 1.70. The average molecular weight is 208 g/mol. The largest absolute Gasteiger partial charge is 0.489 e. The molecule has 0 amide bonds. The Balaban J connectivity index is 2.09. The number of aromatic nitrogens is 1. The van der Waals surface area contributed by atoms with E-state index in [2.05, 4.69) is 10.3 Å². The normalized spacial score (nSPS) is 20.3. The van der Waals surface area contributed by atoms with Gasteiger partial charge in [-0.3, -0.25) is 0 Å². The van der Waals surface area contributed by atoms with Gasteiger partial charge in [0.1, 0.15) is 11.9 Å². The van der Waals surface area contributed by atoms with Crippen molar-refractivity contribution in [2.75, 3.05) is 20.2 Å². The molecule has 0 unspecified atom stereocenters. The van der Waals surface area contributed by atoms with Crippen LogP contribution in [0.5, 0.6) is 11.6 Å². The Labute approximate surface area is 89.6 Å². The van der Waals surface area contributed by atoms with Crippen LogP contribution < -0.4 is 14.8 Å². The van der Waals surface area contributed by atoms with Crippen molar-refractivity contribution in [3.05, 3.63) is 17.8 Å². The topological polar surface area (TPSA) is 43.4 Å². The standard InChI is InChI=1S/C11H16N2O2/c1-8-5-10(6-11(13-8)14-2)15-9-3-4-12-7-9/h5-6,9,12H,3-4,7H2,1-2H3/t9-/m0/s1. The molecule has 0 saturated carbocycles. The first-order valence-corrected chi connectivity index (χ1v) is 5.18. The first-order valence-electron chi connectivity index (χ1n) is 5.18. The number of hydrogen-bond acceptors (Lipinski definition) is 4. The van der Waals surface area contributed by atoms with Crippen molar-refractivity contribution in [3.8, 4) is 11.6 Å². The summed E-state index contributed by atoms with van der Waals surface area (Å²) >= 11 is 0. The van der Waals surface area contributed by atoms with E-state index in [9.17, 15) is 0 Å². The zero-order chi connectivity index (χ0) is 10.7. The van der Waals surface area contributed by atoms with Crippen LogP contribution in [0.1, 0.15) is 12.1 Å². The molecule has 0 aromatic carbocycles. The molecule has 2 heterocycles. The number of aryl methyl sites for hydroxylation is 1. The molecular weight excluding hydrogens is 192 g/mol. The van der Waals surface area contributed by atoms with Crippen LogP contribution >= 0.6 is 0 Å². The summed E-state index contributed by atoms with van der Waals surface area (Å²) in [6.45, 7) is 3.89. The van der Waals surface area contributed by atoms with Crippen LogP contribution in [-0.2, 0) is 0 Å². The fraction of sp³-hybridized carbons (Fsp3) is 0.545. The zero-order valence-corrected chi connectivity index (χ0v) is 9.12. The van der Waals surface area contributed by atoms with Crippen molar-refractivity contribution in [1.29, 1.82) is 0 Å². The van der Waals surface area contributed by atoms with Crippen molar-refractivity contribution in [3.63, 3.8) is 0 Å². The molecule has 15 heavy (non-hydrogen) atoms. The molecule has 82 valence electrons. The maximum atomic E-state index is 5.82. The number of ether oxygens (including phenoxy) is 2. The molecule has 1 aromatic heterocycles. The third kappa shape index (κ3) is 2.59. The molecule has 1 aromatic rings. The van der Waals surface area contributed by atoms with Crippen molar-refractivity contribution >= 4 is 0 Å². The summed E-state index contributed by atoms with van der Waals surface area (Å²) in [5.74, 6) is 1.45. The van der Waals surface area contributed by atoms with E-state index in [0.29, 0.717) is 5.88 Å². The van der Waals surface area contributed by atoms with Crippen molar-refractivity contribution < 1.29 is 9.47 Å². The summed E-state index contributed by atoms with van der Waals surface area (Å²) in [6, 6.07) is 3.76. The smallest absolute Gasteiger partial charge is 0.216 e. The van der Waals surface area contributed by atoms with E-state index in [1.165, 1.54) is 0 Å². The van der Waals surface area contributed by atoms with Crippen LogP contribution in [0.15, 0.2) is 12.1 Å². The van der Waals surface area contributed by atoms with E-state index < -0.39 is 0 Å². The third-order valence-electron chi connectivity index (χ3n) is 2.43. The second-order valence-electron chi connectivity index (χ2n) is 3.72. The minimum absolute atomic E-state index is 0.275. The molecule has 0 radical (unpaired) electrons. The zero-order valence-electron chi connectivity index (χ0n) is 9.12. The average Bonchev–Trinajstić information content (AvgIpc) is 2.69. The minimum Gasteiger partial charge on any atom is -0.489 e. The van der Waals surface area contributed by atoms with Gasteiger partial charge in [0, 0.05) is 24.4 Å². The lowest BCUT2D eigenvalue weighted by Gasteiger charge is -2.13. The molecule has 4 heteroatoms. The highest BCUT2D eigenvalue weighted by molar-refractivity contribution is 5.30. The van der Waals surface area contributed by atoms with Gasteiger partial charge in [0.05, 0.1) is 7.11 Å². The van der Waals surface area contributed by atoms with Gasteiger partial charge in [0.2, 0.25) is 5.88 Å². The quantitative estimate of drug-likeness (QED) is 0.809. The second-order valence-corrected chi connectivity index (χ2v) is 3.72. The second kappa shape index (κ2) is 4.49. The highest BCUT2D eigenvalue weighted by Gasteiger charge is 2.16. The van der Waals surface area contributed by atoms with Gasteiger partial charge >= 0.3 is 0 Å². The van der Waals surface area contributed by atoms with Gasteiger partial charge in [-0.05, 0) is 19.9 Å².